The molecule has 1 N–H and O–H groups in total. The van der Waals surface area contributed by atoms with Gasteiger partial charge in [0, 0.05) is 24.0 Å². The summed E-state index contributed by atoms with van der Waals surface area (Å²) in [6.07, 6.45) is 4.18. The smallest absolute Gasteiger partial charge is 0.336 e. The standard InChI is InChI=1S/C29H26N2O6S/c32-29(33)27-23-5-1-2-7-25(23)30-28-20(4-3-6-24(27)28)18-21-10-13-26(37-21)19-8-11-22(12-9-19)38(34,35)31-14-16-36-17-15-31/h1-2,5,7-13,18H,3-4,6,14-17H2,(H,32,33). The van der Waals surface area contributed by atoms with Gasteiger partial charge in [0.2, 0.25) is 10.0 Å². The number of ether oxygens (including phenoxy) is 1. The van der Waals surface area contributed by atoms with Crippen molar-refractivity contribution in [3.05, 3.63) is 83.2 Å². The van der Waals surface area contributed by atoms with E-state index in [-0.39, 0.29) is 4.90 Å². The van der Waals surface area contributed by atoms with Crippen LogP contribution < -0.4 is 0 Å². The van der Waals surface area contributed by atoms with Crippen molar-refractivity contribution in [1.29, 1.82) is 0 Å². The minimum atomic E-state index is -3.56. The lowest BCUT2D eigenvalue weighted by molar-refractivity contribution is 0.0697. The van der Waals surface area contributed by atoms with Gasteiger partial charge in [-0.2, -0.15) is 4.31 Å². The Kier molecular flexibility index (Phi) is 6.35. The molecule has 0 spiro atoms. The number of aromatic carboxylic acids is 1. The van der Waals surface area contributed by atoms with Gasteiger partial charge in [-0.15, -0.1) is 0 Å². The van der Waals surface area contributed by atoms with Crippen molar-refractivity contribution in [2.75, 3.05) is 26.3 Å². The second kappa shape index (κ2) is 9.83. The molecule has 6 rings (SSSR count). The number of hydrogen-bond acceptors (Lipinski definition) is 6. The molecule has 1 saturated heterocycles. The Hall–Kier alpha value is -3.79. The van der Waals surface area contributed by atoms with Crippen LogP contribution in [0.2, 0.25) is 0 Å². The van der Waals surface area contributed by atoms with Crippen molar-refractivity contribution < 1.29 is 27.5 Å². The molecule has 1 aliphatic heterocycles. The third-order valence-corrected chi connectivity index (χ3v) is 8.99. The Morgan fingerprint density at radius 3 is 2.50 bits per heavy atom. The number of fused-ring (bicyclic) bond motifs is 2. The summed E-state index contributed by atoms with van der Waals surface area (Å²) in [7, 11) is -3.56. The number of para-hydroxylation sites is 1. The number of allylic oxidation sites excluding steroid dienone is 1. The molecule has 0 bridgehead atoms. The summed E-state index contributed by atoms with van der Waals surface area (Å²) in [6.45, 7) is 1.50. The highest BCUT2D eigenvalue weighted by Crippen LogP contribution is 2.37. The van der Waals surface area contributed by atoms with E-state index in [0.717, 1.165) is 29.5 Å². The van der Waals surface area contributed by atoms with Crippen LogP contribution in [0.5, 0.6) is 0 Å². The first kappa shape index (κ1) is 24.5. The predicted octanol–water partition coefficient (Wildman–Crippen LogP) is 5.09. The maximum Gasteiger partial charge on any atom is 0.336 e. The maximum absolute atomic E-state index is 12.9. The van der Waals surface area contributed by atoms with E-state index in [1.165, 1.54) is 4.31 Å². The van der Waals surface area contributed by atoms with E-state index in [1.807, 2.05) is 36.4 Å². The molecule has 0 radical (unpaired) electrons. The molecule has 194 valence electrons. The summed E-state index contributed by atoms with van der Waals surface area (Å²) in [4.78, 5) is 17.2. The van der Waals surface area contributed by atoms with Crippen LogP contribution in [-0.2, 0) is 21.2 Å². The fourth-order valence-corrected chi connectivity index (χ4v) is 6.61. The molecule has 9 heteroatoms. The molecule has 0 saturated carbocycles. The minimum absolute atomic E-state index is 0.239. The highest BCUT2D eigenvalue weighted by molar-refractivity contribution is 7.89. The van der Waals surface area contributed by atoms with Gasteiger partial charge in [-0.05, 0) is 78.9 Å². The van der Waals surface area contributed by atoms with Gasteiger partial charge < -0.3 is 14.3 Å². The van der Waals surface area contributed by atoms with Crippen molar-refractivity contribution >= 4 is 38.5 Å². The lowest BCUT2D eigenvalue weighted by Crippen LogP contribution is -2.40. The number of carbonyl (C=O) groups is 1. The number of carboxylic acids is 1. The average Bonchev–Trinajstić information content (AvgIpc) is 3.41. The molecule has 0 atom stereocenters. The second-order valence-electron chi connectivity index (χ2n) is 9.40. The number of benzene rings is 2. The number of aromatic nitrogens is 1. The van der Waals surface area contributed by atoms with E-state index in [0.29, 0.717) is 66.4 Å². The van der Waals surface area contributed by atoms with Crippen molar-refractivity contribution in [2.45, 2.75) is 24.2 Å². The molecular weight excluding hydrogens is 504 g/mol. The van der Waals surface area contributed by atoms with Crippen molar-refractivity contribution in [3.8, 4) is 11.3 Å². The van der Waals surface area contributed by atoms with E-state index in [4.69, 9.17) is 14.1 Å². The van der Waals surface area contributed by atoms with Gasteiger partial charge in [0.15, 0.2) is 0 Å². The molecule has 8 nitrogen and oxygen atoms in total. The summed E-state index contributed by atoms with van der Waals surface area (Å²) in [5.74, 6) is 0.293. The first-order valence-corrected chi connectivity index (χ1v) is 14.0. The van der Waals surface area contributed by atoms with Crippen LogP contribution in [0.4, 0.5) is 0 Å². The number of morpholine rings is 1. The SMILES string of the molecule is O=C(O)c1c2c(nc3ccccc13)C(=Cc1ccc(-c3ccc(S(=O)(=O)N4CCOCC4)cc3)o1)CCC2. The molecule has 1 fully saturated rings. The van der Waals surface area contributed by atoms with E-state index in [9.17, 15) is 18.3 Å². The van der Waals surface area contributed by atoms with Gasteiger partial charge in [0.1, 0.15) is 11.5 Å². The third kappa shape index (κ3) is 4.42. The molecule has 3 heterocycles. The average molecular weight is 531 g/mol. The zero-order valence-corrected chi connectivity index (χ0v) is 21.4. The third-order valence-electron chi connectivity index (χ3n) is 7.07. The number of carboxylic acid groups (broad SMARTS) is 1. The Morgan fingerprint density at radius 1 is 0.974 bits per heavy atom. The molecule has 0 unspecified atom stereocenters. The number of nitrogens with zero attached hydrogens (tertiary/aromatic N) is 2. The number of furan rings is 1. The number of hydrogen-bond donors (Lipinski definition) is 1. The molecule has 4 aromatic rings. The lowest BCUT2D eigenvalue weighted by Gasteiger charge is -2.26. The minimum Gasteiger partial charge on any atom is -0.478 e. The topological polar surface area (TPSA) is 110 Å². The van der Waals surface area contributed by atoms with Crippen molar-refractivity contribution in [3.63, 3.8) is 0 Å². The predicted molar refractivity (Wildman–Crippen MR) is 143 cm³/mol. The summed E-state index contributed by atoms with van der Waals surface area (Å²) >= 11 is 0. The molecule has 2 aliphatic rings. The van der Waals surface area contributed by atoms with E-state index in [2.05, 4.69) is 0 Å². The van der Waals surface area contributed by atoms with Gasteiger partial charge in [0.05, 0.1) is 34.9 Å². The van der Waals surface area contributed by atoms with Gasteiger partial charge >= 0.3 is 5.97 Å². The van der Waals surface area contributed by atoms with Gasteiger partial charge in [-0.1, -0.05) is 18.2 Å². The normalized spacial score (nSPS) is 17.5. The van der Waals surface area contributed by atoms with Crippen LogP contribution in [0.15, 0.2) is 70.0 Å². The highest BCUT2D eigenvalue weighted by Gasteiger charge is 2.27. The van der Waals surface area contributed by atoms with E-state index >= 15 is 0 Å². The van der Waals surface area contributed by atoms with Crippen molar-refractivity contribution in [1.82, 2.24) is 9.29 Å². The second-order valence-corrected chi connectivity index (χ2v) is 11.3. The van der Waals surface area contributed by atoms with E-state index < -0.39 is 16.0 Å². The number of sulfonamides is 1. The quantitative estimate of drug-likeness (QED) is 0.383. The fraction of sp³-hybridized carbons (Fsp3) is 0.241. The molecular formula is C29H26N2O6S. The zero-order valence-electron chi connectivity index (χ0n) is 20.6. The van der Waals surface area contributed by atoms with Crippen LogP contribution in [0, 0.1) is 0 Å². The van der Waals surface area contributed by atoms with Crippen LogP contribution in [0.3, 0.4) is 0 Å². The molecule has 2 aromatic heterocycles. The maximum atomic E-state index is 12.9. The van der Waals surface area contributed by atoms with Gasteiger partial charge in [-0.25, -0.2) is 18.2 Å². The Morgan fingerprint density at radius 2 is 1.74 bits per heavy atom. The zero-order chi connectivity index (χ0) is 26.3. The monoisotopic (exact) mass is 530 g/mol. The first-order chi connectivity index (χ1) is 18.4. The summed E-state index contributed by atoms with van der Waals surface area (Å²) in [5.41, 5.74) is 4.15. The first-order valence-electron chi connectivity index (χ1n) is 12.6. The molecule has 2 aromatic carbocycles. The number of rotatable bonds is 5. The van der Waals surface area contributed by atoms with Crippen LogP contribution in [0.25, 0.3) is 33.9 Å². The summed E-state index contributed by atoms with van der Waals surface area (Å²) in [6, 6.07) is 17.7. The largest absolute Gasteiger partial charge is 0.478 e. The van der Waals surface area contributed by atoms with Crippen LogP contribution in [-0.4, -0.2) is 55.1 Å². The molecule has 1 aliphatic carbocycles. The van der Waals surface area contributed by atoms with Crippen molar-refractivity contribution in [2.24, 2.45) is 0 Å². The Labute approximate surface area is 220 Å². The van der Waals surface area contributed by atoms with Gasteiger partial charge in [-0.3, -0.25) is 0 Å². The highest BCUT2D eigenvalue weighted by atomic mass is 32.2. The molecule has 0 amide bonds. The van der Waals surface area contributed by atoms with Gasteiger partial charge in [0.25, 0.3) is 0 Å². The lowest BCUT2D eigenvalue weighted by atomic mass is 9.86. The van der Waals surface area contributed by atoms with Crippen LogP contribution in [0.1, 0.15) is 40.2 Å². The number of pyridine rings is 1. The van der Waals surface area contributed by atoms with E-state index in [1.54, 1.807) is 30.3 Å². The molecule has 38 heavy (non-hydrogen) atoms. The fourth-order valence-electron chi connectivity index (χ4n) is 5.20. The van der Waals surface area contributed by atoms with Crippen LogP contribution >= 0.6 is 0 Å². The Bertz CT molecular complexity index is 1670. The summed E-state index contributed by atoms with van der Waals surface area (Å²) < 4.78 is 38.6. The summed E-state index contributed by atoms with van der Waals surface area (Å²) in [5, 5.41) is 10.6. The Balaban J connectivity index is 1.30.